The van der Waals surface area contributed by atoms with Crippen molar-refractivity contribution in [3.63, 3.8) is 0 Å². The van der Waals surface area contributed by atoms with E-state index in [1.165, 1.54) is 25.7 Å². The average molecular weight is 223 g/mol. The van der Waals surface area contributed by atoms with Gasteiger partial charge >= 0.3 is 0 Å². The van der Waals surface area contributed by atoms with Crippen molar-refractivity contribution >= 4 is 5.78 Å². The Bertz CT molecular complexity index is 225. The molecule has 1 heterocycles. The van der Waals surface area contributed by atoms with Gasteiger partial charge in [0.15, 0.2) is 0 Å². The second-order valence-corrected chi connectivity index (χ2v) is 5.66. The van der Waals surface area contributed by atoms with Crippen molar-refractivity contribution in [3.05, 3.63) is 0 Å². The molecule has 1 aliphatic heterocycles. The molecule has 0 amide bonds. The largest absolute Gasteiger partial charge is 0.316 e. The van der Waals surface area contributed by atoms with Crippen molar-refractivity contribution in [2.75, 3.05) is 13.1 Å². The Hall–Kier alpha value is -0.370. The zero-order chi connectivity index (χ0) is 11.4. The standard InChI is InChI=1S/C14H25NO/c1-2-11-3-5-13(6-4-11)14(16)9-12-7-8-15-10-12/h11-13,15H,2-10H2,1H3. The monoisotopic (exact) mass is 223 g/mol. The zero-order valence-corrected chi connectivity index (χ0v) is 10.5. The lowest BCUT2D eigenvalue weighted by molar-refractivity contribution is -0.124. The van der Waals surface area contributed by atoms with Crippen LogP contribution in [0.15, 0.2) is 0 Å². The molecule has 1 saturated heterocycles. The molecule has 16 heavy (non-hydrogen) atoms. The van der Waals surface area contributed by atoms with Crippen LogP contribution in [0.5, 0.6) is 0 Å². The Morgan fingerprint density at radius 3 is 2.44 bits per heavy atom. The van der Waals surface area contributed by atoms with Gasteiger partial charge in [-0.25, -0.2) is 0 Å². The second kappa shape index (κ2) is 5.81. The molecule has 1 aliphatic carbocycles. The molecule has 0 aromatic carbocycles. The molecule has 2 heteroatoms. The molecule has 1 unspecified atom stereocenters. The molecule has 1 N–H and O–H groups in total. The van der Waals surface area contributed by atoms with Crippen molar-refractivity contribution in [2.24, 2.45) is 17.8 Å². The maximum atomic E-state index is 12.1. The van der Waals surface area contributed by atoms with Gasteiger partial charge in [-0.05, 0) is 57.0 Å². The van der Waals surface area contributed by atoms with Gasteiger partial charge in [-0.1, -0.05) is 13.3 Å². The predicted octanol–water partition coefficient (Wildman–Crippen LogP) is 2.77. The van der Waals surface area contributed by atoms with Gasteiger partial charge in [0.1, 0.15) is 5.78 Å². The summed E-state index contributed by atoms with van der Waals surface area (Å²) in [5.41, 5.74) is 0. The molecule has 0 bridgehead atoms. The Balaban J connectivity index is 1.73. The fourth-order valence-corrected chi connectivity index (χ4v) is 3.23. The number of hydrogen-bond acceptors (Lipinski definition) is 2. The van der Waals surface area contributed by atoms with E-state index in [2.05, 4.69) is 12.2 Å². The lowest BCUT2D eigenvalue weighted by Gasteiger charge is -2.27. The highest BCUT2D eigenvalue weighted by Crippen LogP contribution is 2.32. The summed E-state index contributed by atoms with van der Waals surface area (Å²) in [7, 11) is 0. The molecule has 1 saturated carbocycles. The first-order valence-corrected chi connectivity index (χ1v) is 7.03. The summed E-state index contributed by atoms with van der Waals surface area (Å²) in [5.74, 6) is 2.50. The van der Waals surface area contributed by atoms with E-state index in [9.17, 15) is 4.79 Å². The van der Waals surface area contributed by atoms with Crippen molar-refractivity contribution in [3.8, 4) is 0 Å². The molecule has 92 valence electrons. The van der Waals surface area contributed by atoms with Gasteiger partial charge in [0.05, 0.1) is 0 Å². The summed E-state index contributed by atoms with van der Waals surface area (Å²) in [6, 6.07) is 0. The third-order valence-corrected chi connectivity index (χ3v) is 4.53. The van der Waals surface area contributed by atoms with E-state index in [1.807, 2.05) is 0 Å². The lowest BCUT2D eigenvalue weighted by Crippen LogP contribution is -2.24. The molecule has 0 aromatic rings. The maximum Gasteiger partial charge on any atom is 0.136 e. The quantitative estimate of drug-likeness (QED) is 0.794. The SMILES string of the molecule is CCC1CCC(C(=O)CC2CCNC2)CC1. The zero-order valence-electron chi connectivity index (χ0n) is 10.5. The average Bonchev–Trinajstić information content (AvgIpc) is 2.82. The number of hydrogen-bond donors (Lipinski definition) is 1. The molecule has 2 aliphatic rings. The van der Waals surface area contributed by atoms with Gasteiger partial charge < -0.3 is 5.32 Å². The summed E-state index contributed by atoms with van der Waals surface area (Å²) < 4.78 is 0. The third kappa shape index (κ3) is 3.07. The van der Waals surface area contributed by atoms with Gasteiger partial charge in [-0.2, -0.15) is 0 Å². The van der Waals surface area contributed by atoms with Crippen LogP contribution in [-0.4, -0.2) is 18.9 Å². The number of carbonyl (C=O) groups excluding carboxylic acids is 1. The van der Waals surface area contributed by atoms with Crippen molar-refractivity contribution < 1.29 is 4.79 Å². The number of rotatable bonds is 4. The Labute approximate surface area is 99.2 Å². The summed E-state index contributed by atoms with van der Waals surface area (Å²) in [5, 5.41) is 3.34. The van der Waals surface area contributed by atoms with E-state index in [1.54, 1.807) is 0 Å². The van der Waals surface area contributed by atoms with E-state index < -0.39 is 0 Å². The van der Waals surface area contributed by atoms with Crippen LogP contribution in [0.1, 0.15) is 51.9 Å². The number of ketones is 1. The van der Waals surface area contributed by atoms with Crippen LogP contribution in [-0.2, 0) is 4.79 Å². The van der Waals surface area contributed by atoms with E-state index in [0.717, 1.165) is 38.3 Å². The van der Waals surface area contributed by atoms with Gasteiger partial charge in [-0.3, -0.25) is 4.79 Å². The molecule has 0 aromatic heterocycles. The van der Waals surface area contributed by atoms with Crippen LogP contribution < -0.4 is 5.32 Å². The molecule has 0 radical (unpaired) electrons. The molecule has 2 rings (SSSR count). The number of Topliss-reactive ketones (excluding diaryl/α,β-unsaturated/α-hetero) is 1. The Kier molecular flexibility index (Phi) is 4.39. The normalized spacial score (nSPS) is 35.2. The van der Waals surface area contributed by atoms with Crippen LogP contribution in [0.2, 0.25) is 0 Å². The first-order chi connectivity index (χ1) is 7.79. The van der Waals surface area contributed by atoms with E-state index in [4.69, 9.17) is 0 Å². The first-order valence-electron chi connectivity index (χ1n) is 7.03. The first kappa shape index (κ1) is 12.1. The molecule has 1 atom stereocenters. The summed E-state index contributed by atoms with van der Waals surface area (Å²) in [6.07, 6.45) is 8.25. The smallest absolute Gasteiger partial charge is 0.136 e. The number of carbonyl (C=O) groups is 1. The third-order valence-electron chi connectivity index (χ3n) is 4.53. The van der Waals surface area contributed by atoms with Crippen molar-refractivity contribution in [1.82, 2.24) is 5.32 Å². The topological polar surface area (TPSA) is 29.1 Å². The van der Waals surface area contributed by atoms with Crippen LogP contribution in [0.4, 0.5) is 0 Å². The van der Waals surface area contributed by atoms with Gasteiger partial charge in [0.25, 0.3) is 0 Å². The Morgan fingerprint density at radius 1 is 1.12 bits per heavy atom. The minimum atomic E-state index is 0.406. The minimum Gasteiger partial charge on any atom is -0.316 e. The number of nitrogens with one attached hydrogen (secondary N) is 1. The van der Waals surface area contributed by atoms with E-state index in [-0.39, 0.29) is 0 Å². The van der Waals surface area contributed by atoms with Crippen LogP contribution in [0.25, 0.3) is 0 Å². The summed E-state index contributed by atoms with van der Waals surface area (Å²) in [6.45, 7) is 4.45. The highest BCUT2D eigenvalue weighted by molar-refractivity contribution is 5.81. The molecule has 2 nitrogen and oxygen atoms in total. The summed E-state index contributed by atoms with van der Waals surface area (Å²) >= 11 is 0. The van der Waals surface area contributed by atoms with Gasteiger partial charge in [-0.15, -0.1) is 0 Å². The summed E-state index contributed by atoms with van der Waals surface area (Å²) in [4.78, 5) is 12.1. The fraction of sp³-hybridized carbons (Fsp3) is 0.929. The minimum absolute atomic E-state index is 0.406. The van der Waals surface area contributed by atoms with Crippen molar-refractivity contribution in [2.45, 2.75) is 51.9 Å². The van der Waals surface area contributed by atoms with E-state index in [0.29, 0.717) is 17.6 Å². The van der Waals surface area contributed by atoms with Crippen LogP contribution in [0, 0.1) is 17.8 Å². The van der Waals surface area contributed by atoms with Crippen LogP contribution in [0.3, 0.4) is 0 Å². The van der Waals surface area contributed by atoms with Gasteiger partial charge in [0.2, 0.25) is 0 Å². The Morgan fingerprint density at radius 2 is 1.88 bits per heavy atom. The molecule has 0 spiro atoms. The lowest BCUT2D eigenvalue weighted by atomic mass is 9.77. The van der Waals surface area contributed by atoms with Crippen molar-refractivity contribution in [1.29, 1.82) is 0 Å². The highest BCUT2D eigenvalue weighted by Gasteiger charge is 2.27. The van der Waals surface area contributed by atoms with Crippen LogP contribution >= 0.6 is 0 Å². The molecular formula is C14H25NO. The fourth-order valence-electron chi connectivity index (χ4n) is 3.23. The van der Waals surface area contributed by atoms with Gasteiger partial charge in [0, 0.05) is 12.3 Å². The highest BCUT2D eigenvalue weighted by atomic mass is 16.1. The van der Waals surface area contributed by atoms with E-state index >= 15 is 0 Å². The second-order valence-electron chi connectivity index (χ2n) is 5.66. The molecule has 2 fully saturated rings. The molecular weight excluding hydrogens is 198 g/mol. The maximum absolute atomic E-state index is 12.1. The predicted molar refractivity (Wildman–Crippen MR) is 66.3 cm³/mol.